The predicted octanol–water partition coefficient (Wildman–Crippen LogP) is 1.24. The third-order valence-electron chi connectivity index (χ3n) is 2.31. The van der Waals surface area contributed by atoms with Gasteiger partial charge in [0.2, 0.25) is 5.91 Å². The molecule has 0 spiro atoms. The second kappa shape index (κ2) is 4.16. The molecule has 80 valence electrons. The van der Waals surface area contributed by atoms with E-state index < -0.39 is 11.9 Å². The summed E-state index contributed by atoms with van der Waals surface area (Å²) in [5.74, 6) is -0.533. The summed E-state index contributed by atoms with van der Waals surface area (Å²) >= 11 is 5.87. The first-order valence-corrected chi connectivity index (χ1v) is 5.02. The van der Waals surface area contributed by atoms with Gasteiger partial charge in [0.1, 0.15) is 11.9 Å². The van der Waals surface area contributed by atoms with Crippen molar-refractivity contribution in [2.75, 3.05) is 13.1 Å². The van der Waals surface area contributed by atoms with Crippen LogP contribution in [-0.2, 0) is 4.79 Å². The van der Waals surface area contributed by atoms with Crippen molar-refractivity contribution in [2.45, 2.75) is 6.04 Å². The average Bonchev–Trinajstić information content (AvgIpc) is 2.20. The maximum Gasteiger partial charge on any atom is 0.241 e. The Balaban J connectivity index is 2.31. The van der Waals surface area contributed by atoms with Gasteiger partial charge in [-0.3, -0.25) is 4.79 Å². The van der Waals surface area contributed by atoms with Crippen LogP contribution < -0.4 is 10.6 Å². The van der Waals surface area contributed by atoms with Gasteiger partial charge in [-0.2, -0.15) is 0 Å². The highest BCUT2D eigenvalue weighted by molar-refractivity contribution is 6.31. The average molecular weight is 229 g/mol. The van der Waals surface area contributed by atoms with Crippen LogP contribution >= 0.6 is 11.6 Å². The molecule has 1 heterocycles. The van der Waals surface area contributed by atoms with Gasteiger partial charge in [-0.1, -0.05) is 17.7 Å². The standard InChI is InChI=1S/C10H10ClFN2O/c11-8-5-6(12)1-2-7(8)9-10(15)14-4-3-13-9/h1-2,5,9,13H,3-4H2,(H,14,15). The Morgan fingerprint density at radius 1 is 1.40 bits per heavy atom. The Morgan fingerprint density at radius 2 is 2.20 bits per heavy atom. The summed E-state index contributed by atoms with van der Waals surface area (Å²) in [6.45, 7) is 1.29. The maximum atomic E-state index is 12.8. The van der Waals surface area contributed by atoms with Gasteiger partial charge >= 0.3 is 0 Å². The Bertz CT molecular complexity index is 397. The Hall–Kier alpha value is -1.13. The summed E-state index contributed by atoms with van der Waals surface area (Å²) in [5, 5.41) is 6.01. The van der Waals surface area contributed by atoms with Gasteiger partial charge in [0.05, 0.1) is 0 Å². The summed E-state index contributed by atoms with van der Waals surface area (Å²) in [6, 6.07) is 3.55. The molecule has 1 aliphatic heterocycles. The molecular formula is C10H10ClFN2O. The Kier molecular flexibility index (Phi) is 2.88. The lowest BCUT2D eigenvalue weighted by Gasteiger charge is -2.24. The highest BCUT2D eigenvalue weighted by atomic mass is 35.5. The molecule has 1 aromatic carbocycles. The fourth-order valence-corrected chi connectivity index (χ4v) is 1.86. The van der Waals surface area contributed by atoms with E-state index in [1.165, 1.54) is 18.2 Å². The van der Waals surface area contributed by atoms with Gasteiger partial charge in [0.15, 0.2) is 0 Å². The van der Waals surface area contributed by atoms with Crippen molar-refractivity contribution in [3.8, 4) is 0 Å². The molecule has 15 heavy (non-hydrogen) atoms. The maximum absolute atomic E-state index is 12.8. The largest absolute Gasteiger partial charge is 0.353 e. The monoisotopic (exact) mass is 228 g/mol. The lowest BCUT2D eigenvalue weighted by molar-refractivity contribution is -0.124. The quantitative estimate of drug-likeness (QED) is 0.760. The van der Waals surface area contributed by atoms with Crippen LogP contribution in [-0.4, -0.2) is 19.0 Å². The number of hydrogen-bond acceptors (Lipinski definition) is 2. The number of hydrogen-bond donors (Lipinski definition) is 2. The van der Waals surface area contributed by atoms with Crippen molar-refractivity contribution < 1.29 is 9.18 Å². The number of rotatable bonds is 1. The van der Waals surface area contributed by atoms with Crippen molar-refractivity contribution in [1.29, 1.82) is 0 Å². The molecule has 0 aromatic heterocycles. The zero-order valence-corrected chi connectivity index (χ0v) is 8.64. The van der Waals surface area contributed by atoms with Gasteiger partial charge in [-0.15, -0.1) is 0 Å². The highest BCUT2D eigenvalue weighted by Crippen LogP contribution is 2.24. The number of amides is 1. The van der Waals surface area contributed by atoms with Crippen LogP contribution in [0.3, 0.4) is 0 Å². The molecule has 0 radical (unpaired) electrons. The van der Waals surface area contributed by atoms with Crippen LogP contribution in [0, 0.1) is 5.82 Å². The summed E-state index contributed by atoms with van der Waals surface area (Å²) in [5.41, 5.74) is 0.607. The fourth-order valence-electron chi connectivity index (χ4n) is 1.58. The molecule has 1 unspecified atom stereocenters. The first kappa shape index (κ1) is 10.4. The van der Waals surface area contributed by atoms with Crippen LogP contribution in [0.15, 0.2) is 18.2 Å². The second-order valence-corrected chi connectivity index (χ2v) is 3.75. The van der Waals surface area contributed by atoms with E-state index in [1.807, 2.05) is 0 Å². The van der Waals surface area contributed by atoms with E-state index in [2.05, 4.69) is 10.6 Å². The molecule has 1 saturated heterocycles. The SMILES string of the molecule is O=C1NCCNC1c1ccc(F)cc1Cl. The van der Waals surface area contributed by atoms with Crippen LogP contribution in [0.1, 0.15) is 11.6 Å². The zero-order valence-electron chi connectivity index (χ0n) is 7.89. The minimum atomic E-state index is -0.480. The van der Waals surface area contributed by atoms with E-state index in [-0.39, 0.29) is 10.9 Å². The van der Waals surface area contributed by atoms with E-state index in [0.29, 0.717) is 18.7 Å². The molecule has 0 aliphatic carbocycles. The first-order valence-electron chi connectivity index (χ1n) is 4.64. The Morgan fingerprint density at radius 3 is 2.87 bits per heavy atom. The molecular weight excluding hydrogens is 219 g/mol. The van der Waals surface area contributed by atoms with Gasteiger partial charge in [0, 0.05) is 18.1 Å². The van der Waals surface area contributed by atoms with Gasteiger partial charge in [0.25, 0.3) is 0 Å². The van der Waals surface area contributed by atoms with E-state index >= 15 is 0 Å². The van der Waals surface area contributed by atoms with Crippen molar-refractivity contribution in [1.82, 2.24) is 10.6 Å². The number of piperazine rings is 1. The first-order chi connectivity index (χ1) is 7.18. The third kappa shape index (κ3) is 2.11. The molecule has 3 nitrogen and oxygen atoms in total. The fraction of sp³-hybridized carbons (Fsp3) is 0.300. The number of carbonyl (C=O) groups excluding carboxylic acids is 1. The van der Waals surface area contributed by atoms with Crippen LogP contribution in [0.5, 0.6) is 0 Å². The minimum absolute atomic E-state index is 0.130. The van der Waals surface area contributed by atoms with Crippen molar-refractivity contribution in [3.63, 3.8) is 0 Å². The van der Waals surface area contributed by atoms with Crippen LogP contribution in [0.4, 0.5) is 4.39 Å². The number of carbonyl (C=O) groups is 1. The van der Waals surface area contributed by atoms with Crippen molar-refractivity contribution in [3.05, 3.63) is 34.6 Å². The van der Waals surface area contributed by atoms with E-state index in [0.717, 1.165) is 0 Å². The third-order valence-corrected chi connectivity index (χ3v) is 2.64. The molecule has 2 rings (SSSR count). The molecule has 2 N–H and O–H groups in total. The normalized spacial score (nSPS) is 21.2. The number of benzene rings is 1. The van der Waals surface area contributed by atoms with Crippen LogP contribution in [0.25, 0.3) is 0 Å². The van der Waals surface area contributed by atoms with Crippen molar-refractivity contribution in [2.24, 2.45) is 0 Å². The van der Waals surface area contributed by atoms with Gasteiger partial charge in [-0.25, -0.2) is 4.39 Å². The molecule has 1 amide bonds. The number of halogens is 2. The summed E-state index contributed by atoms with van der Waals surface area (Å²) in [7, 11) is 0. The van der Waals surface area contributed by atoms with E-state index in [1.54, 1.807) is 0 Å². The Labute approximate surface area is 91.6 Å². The number of nitrogens with one attached hydrogen (secondary N) is 2. The molecule has 1 aliphatic rings. The molecule has 1 aromatic rings. The molecule has 1 fully saturated rings. The van der Waals surface area contributed by atoms with Gasteiger partial charge < -0.3 is 10.6 Å². The van der Waals surface area contributed by atoms with Crippen molar-refractivity contribution >= 4 is 17.5 Å². The predicted molar refractivity (Wildman–Crippen MR) is 55.2 cm³/mol. The zero-order chi connectivity index (χ0) is 10.8. The molecule has 5 heteroatoms. The minimum Gasteiger partial charge on any atom is -0.353 e. The smallest absolute Gasteiger partial charge is 0.241 e. The highest BCUT2D eigenvalue weighted by Gasteiger charge is 2.25. The summed E-state index contributed by atoms with van der Waals surface area (Å²) in [4.78, 5) is 11.5. The second-order valence-electron chi connectivity index (χ2n) is 3.34. The van der Waals surface area contributed by atoms with Gasteiger partial charge in [-0.05, 0) is 17.7 Å². The lowest BCUT2D eigenvalue weighted by Crippen LogP contribution is -2.47. The molecule has 0 saturated carbocycles. The topological polar surface area (TPSA) is 41.1 Å². The van der Waals surface area contributed by atoms with E-state index in [9.17, 15) is 9.18 Å². The lowest BCUT2D eigenvalue weighted by atomic mass is 10.0. The summed E-state index contributed by atoms with van der Waals surface area (Å²) < 4.78 is 12.8. The molecule has 0 bridgehead atoms. The van der Waals surface area contributed by atoms with Crippen LogP contribution in [0.2, 0.25) is 5.02 Å². The van der Waals surface area contributed by atoms with E-state index in [4.69, 9.17) is 11.6 Å². The summed E-state index contributed by atoms with van der Waals surface area (Å²) in [6.07, 6.45) is 0. The molecule has 1 atom stereocenters.